The summed E-state index contributed by atoms with van der Waals surface area (Å²) in [5.74, 6) is -0.617. The first kappa shape index (κ1) is 30.8. The zero-order chi connectivity index (χ0) is 27.0. The van der Waals surface area contributed by atoms with Crippen LogP contribution in [0.1, 0.15) is 64.4 Å². The summed E-state index contributed by atoms with van der Waals surface area (Å²) in [6, 6.07) is 6.68. The van der Waals surface area contributed by atoms with Gasteiger partial charge in [-0.15, -0.1) is 12.4 Å². The first-order valence-electron chi connectivity index (χ1n) is 13.1. The molecule has 12 heteroatoms. The summed E-state index contributed by atoms with van der Waals surface area (Å²) in [7, 11) is -4.66. The van der Waals surface area contributed by atoms with Gasteiger partial charge in [0.1, 0.15) is 6.04 Å². The van der Waals surface area contributed by atoms with Crippen molar-refractivity contribution in [2.45, 2.75) is 81.0 Å². The second kappa shape index (κ2) is 11.8. The number of nitrogens with one attached hydrogen (secondary N) is 1. The molecular weight excluding hydrogens is 548 g/mol. The monoisotopic (exact) mass is 588 g/mol. The van der Waals surface area contributed by atoms with Crippen molar-refractivity contribution < 1.29 is 22.2 Å². The summed E-state index contributed by atoms with van der Waals surface area (Å²) in [5, 5.41) is 2.84. The van der Waals surface area contributed by atoms with Gasteiger partial charge in [-0.2, -0.15) is 0 Å². The lowest BCUT2D eigenvalue weighted by Gasteiger charge is -2.41. The Bertz CT molecular complexity index is 1160. The number of sulfonamides is 1. The van der Waals surface area contributed by atoms with E-state index in [-0.39, 0.29) is 34.7 Å². The van der Waals surface area contributed by atoms with Gasteiger partial charge in [-0.1, -0.05) is 37.5 Å². The molecule has 3 aliphatic rings. The summed E-state index contributed by atoms with van der Waals surface area (Å²) >= 11 is 0. The van der Waals surface area contributed by atoms with Crippen LogP contribution in [-0.4, -0.2) is 77.8 Å². The molecular formula is C26H41ClN4O5S2. The average molecular weight is 589 g/mol. The molecule has 38 heavy (non-hydrogen) atoms. The Morgan fingerprint density at radius 3 is 2.34 bits per heavy atom. The van der Waals surface area contributed by atoms with Gasteiger partial charge in [0.15, 0.2) is 0 Å². The topological polar surface area (TPSA) is 130 Å². The zero-order valence-electron chi connectivity index (χ0n) is 22.5. The van der Waals surface area contributed by atoms with E-state index in [2.05, 4.69) is 5.32 Å². The molecule has 2 heterocycles. The van der Waals surface area contributed by atoms with E-state index in [9.17, 15) is 22.2 Å². The van der Waals surface area contributed by atoms with Crippen molar-refractivity contribution in [2.75, 3.05) is 35.9 Å². The van der Waals surface area contributed by atoms with E-state index >= 15 is 0 Å². The van der Waals surface area contributed by atoms with Crippen molar-refractivity contribution in [3.63, 3.8) is 0 Å². The molecule has 1 spiro atoms. The van der Waals surface area contributed by atoms with Gasteiger partial charge in [0.05, 0.1) is 23.2 Å². The minimum Gasteiger partial charge on any atom is -0.342 e. The minimum atomic E-state index is -3.43. The Morgan fingerprint density at radius 1 is 1.16 bits per heavy atom. The zero-order valence-corrected chi connectivity index (χ0v) is 24.9. The number of rotatable bonds is 7. The molecule has 1 aromatic carbocycles. The van der Waals surface area contributed by atoms with Gasteiger partial charge in [0.25, 0.3) is 0 Å². The fourth-order valence-corrected chi connectivity index (χ4v) is 8.51. The Balaban J connectivity index is 0.00000400. The van der Waals surface area contributed by atoms with Crippen LogP contribution in [0, 0.1) is 0 Å². The van der Waals surface area contributed by atoms with Crippen LogP contribution >= 0.6 is 12.4 Å². The fraction of sp³-hybridized carbons (Fsp3) is 0.692. The molecule has 2 atom stereocenters. The van der Waals surface area contributed by atoms with Crippen molar-refractivity contribution in [1.82, 2.24) is 10.2 Å². The number of carbonyl (C=O) groups is 2. The maximum absolute atomic E-state index is 13.7. The number of carbonyl (C=O) groups excluding carboxylic acids is 2. The number of hydrogen-bond donors (Lipinski definition) is 2. The molecule has 214 valence electrons. The Morgan fingerprint density at radius 2 is 1.76 bits per heavy atom. The number of hydrogen-bond acceptors (Lipinski definition) is 6. The molecule has 2 fully saturated rings. The van der Waals surface area contributed by atoms with E-state index in [4.69, 9.17) is 5.73 Å². The van der Waals surface area contributed by atoms with Crippen LogP contribution in [0.3, 0.4) is 0 Å². The van der Waals surface area contributed by atoms with E-state index in [1.807, 2.05) is 24.3 Å². The number of fused-ring (bicyclic) bond motifs is 2. The Labute approximate surface area is 235 Å². The molecule has 1 aliphatic carbocycles. The first-order chi connectivity index (χ1) is 17.3. The van der Waals surface area contributed by atoms with Crippen LogP contribution in [0.15, 0.2) is 24.3 Å². The van der Waals surface area contributed by atoms with E-state index in [1.165, 1.54) is 10.6 Å². The lowest BCUT2D eigenvalue weighted by atomic mass is 9.74. The third kappa shape index (κ3) is 6.54. The van der Waals surface area contributed by atoms with Gasteiger partial charge in [-0.05, 0) is 51.2 Å². The van der Waals surface area contributed by atoms with Crippen LogP contribution < -0.4 is 15.4 Å². The van der Waals surface area contributed by atoms with Gasteiger partial charge in [0, 0.05) is 41.1 Å². The van der Waals surface area contributed by atoms with Crippen molar-refractivity contribution in [1.29, 1.82) is 0 Å². The highest BCUT2D eigenvalue weighted by Gasteiger charge is 2.48. The molecule has 1 saturated heterocycles. The smallest absolute Gasteiger partial charge is 0.246 e. The number of anilines is 1. The molecule has 0 aromatic heterocycles. The van der Waals surface area contributed by atoms with Crippen LogP contribution in [0.2, 0.25) is 0 Å². The Kier molecular flexibility index (Phi) is 9.59. The number of nitrogens with two attached hydrogens (primary N) is 1. The maximum atomic E-state index is 13.7. The Hall–Kier alpha value is -1.69. The van der Waals surface area contributed by atoms with Crippen molar-refractivity contribution in [3.05, 3.63) is 29.8 Å². The summed E-state index contributed by atoms with van der Waals surface area (Å²) < 4.78 is 39.6. The fourth-order valence-electron chi connectivity index (χ4n) is 5.83. The standard InChI is InChI=1S/C26H40N4O5S2.ClH/c1-25(2,27)24(32)28-21(17-36(33)19-9-5-4-6-10-19)23(31)29-15-13-26(14-16-29)18-30(37(3,34)35)22-12-8-7-11-20(22)26;/h7-8,11-12,19,21H,4-6,9-10,13-18,27H2,1-3H3,(H,28,32);1H. The number of piperidine rings is 1. The highest BCUT2D eigenvalue weighted by molar-refractivity contribution is 7.92. The van der Waals surface area contributed by atoms with Crippen LogP contribution in [-0.2, 0) is 35.8 Å². The average Bonchev–Trinajstić information content (AvgIpc) is 3.18. The molecule has 0 bridgehead atoms. The van der Waals surface area contributed by atoms with Gasteiger partial charge in [-0.25, -0.2) is 8.42 Å². The van der Waals surface area contributed by atoms with Crippen molar-refractivity contribution in [3.8, 4) is 0 Å². The number of halogens is 1. The van der Waals surface area contributed by atoms with Crippen molar-refractivity contribution >= 4 is 50.7 Å². The lowest BCUT2D eigenvalue weighted by Crippen LogP contribution is -2.59. The number of benzene rings is 1. The predicted molar refractivity (Wildman–Crippen MR) is 153 cm³/mol. The van der Waals surface area contributed by atoms with E-state index < -0.39 is 38.3 Å². The number of amides is 2. The maximum Gasteiger partial charge on any atom is 0.246 e. The van der Waals surface area contributed by atoms with Crippen LogP contribution in [0.5, 0.6) is 0 Å². The van der Waals surface area contributed by atoms with Gasteiger partial charge in [0.2, 0.25) is 21.8 Å². The molecule has 3 N–H and O–H groups in total. The molecule has 2 aliphatic heterocycles. The summed E-state index contributed by atoms with van der Waals surface area (Å²) in [5.41, 5.74) is 6.17. The van der Waals surface area contributed by atoms with Crippen molar-refractivity contribution in [2.24, 2.45) is 5.73 Å². The van der Waals surface area contributed by atoms with Crippen LogP contribution in [0.4, 0.5) is 5.69 Å². The van der Waals surface area contributed by atoms with E-state index in [1.54, 1.807) is 18.7 Å². The number of para-hydroxylation sites is 1. The largest absolute Gasteiger partial charge is 0.342 e. The summed E-state index contributed by atoms with van der Waals surface area (Å²) in [4.78, 5) is 28.1. The minimum absolute atomic E-state index is 0. The lowest BCUT2D eigenvalue weighted by molar-refractivity contribution is -0.138. The number of likely N-dealkylation sites (tertiary alicyclic amines) is 1. The molecule has 2 unspecified atom stereocenters. The third-order valence-electron chi connectivity index (χ3n) is 8.07. The molecule has 9 nitrogen and oxygen atoms in total. The van der Waals surface area contributed by atoms with Gasteiger partial charge >= 0.3 is 0 Å². The highest BCUT2D eigenvalue weighted by Crippen LogP contribution is 2.47. The molecule has 1 aromatic rings. The van der Waals surface area contributed by atoms with E-state index in [0.29, 0.717) is 38.2 Å². The first-order valence-corrected chi connectivity index (χ1v) is 16.4. The van der Waals surface area contributed by atoms with Gasteiger partial charge in [-0.3, -0.25) is 18.1 Å². The van der Waals surface area contributed by atoms with Crippen LogP contribution in [0.25, 0.3) is 0 Å². The quantitative estimate of drug-likeness (QED) is 0.501. The highest BCUT2D eigenvalue weighted by atomic mass is 35.5. The second-order valence-corrected chi connectivity index (χ2v) is 15.1. The molecule has 2 amide bonds. The third-order valence-corrected chi connectivity index (χ3v) is 11.1. The molecule has 1 saturated carbocycles. The summed E-state index contributed by atoms with van der Waals surface area (Å²) in [6.45, 7) is 4.38. The molecule has 0 radical (unpaired) electrons. The summed E-state index contributed by atoms with van der Waals surface area (Å²) in [6.07, 6.45) is 7.42. The predicted octanol–water partition coefficient (Wildman–Crippen LogP) is 2.05. The normalized spacial score (nSPS) is 21.4. The van der Waals surface area contributed by atoms with E-state index in [0.717, 1.165) is 37.7 Å². The second-order valence-electron chi connectivity index (χ2n) is 11.4. The molecule has 4 rings (SSSR count). The van der Waals surface area contributed by atoms with Gasteiger partial charge < -0.3 is 16.0 Å². The SMILES string of the molecule is CC(C)(N)C(=O)NC(CS(=O)C1CCCCC1)C(=O)N1CCC2(CC1)CN(S(C)(=O)=O)c1ccccc12.Cl. The number of nitrogens with zero attached hydrogens (tertiary/aromatic N) is 2.